The van der Waals surface area contributed by atoms with Gasteiger partial charge < -0.3 is 10.2 Å². The Morgan fingerprint density at radius 1 is 1.21 bits per heavy atom. The number of ketones is 1. The highest BCUT2D eigenvalue weighted by Gasteiger charge is 2.67. The predicted octanol–water partition coefficient (Wildman–Crippen LogP) is 2.74. The fraction of sp³-hybridized carbons (Fsp3) is 0.800. The standard InChI is InChI=1S/C20H27NO3/c1-18-7-5-13(22)9-12(18)3-4-14-15(18)6-8-19(2)16(14)10-17(23)20(19,24)11-21/h9,14-17,23-24H,3-8,10H2,1-2H3/t14-,15-,16-,17-,18+,19+,20-/m1/s1. The maximum atomic E-state index is 11.8. The van der Waals surface area contributed by atoms with E-state index in [9.17, 15) is 20.3 Å². The minimum absolute atomic E-state index is 0.0798. The first kappa shape index (κ1) is 16.3. The number of carbonyl (C=O) groups is 1. The first-order chi connectivity index (χ1) is 11.3. The number of hydrogen-bond donors (Lipinski definition) is 2. The van der Waals surface area contributed by atoms with Crippen LogP contribution in [-0.4, -0.2) is 27.7 Å². The van der Waals surface area contributed by atoms with Gasteiger partial charge in [-0.2, -0.15) is 5.26 Å². The summed E-state index contributed by atoms with van der Waals surface area (Å²) >= 11 is 0. The van der Waals surface area contributed by atoms with Crippen LogP contribution in [0.1, 0.15) is 58.8 Å². The third-order valence-electron chi connectivity index (χ3n) is 8.35. The lowest BCUT2D eigenvalue weighted by Gasteiger charge is -2.58. The van der Waals surface area contributed by atoms with E-state index in [4.69, 9.17) is 0 Å². The van der Waals surface area contributed by atoms with Crippen LogP contribution in [0.15, 0.2) is 11.6 Å². The van der Waals surface area contributed by atoms with Gasteiger partial charge in [0.25, 0.3) is 0 Å². The van der Waals surface area contributed by atoms with Crippen LogP contribution in [-0.2, 0) is 4.79 Å². The average Bonchev–Trinajstić information content (AvgIpc) is 2.76. The molecule has 0 bridgehead atoms. The lowest BCUT2D eigenvalue weighted by molar-refractivity contribution is -0.125. The molecule has 4 rings (SSSR count). The van der Waals surface area contributed by atoms with Crippen molar-refractivity contribution in [2.45, 2.75) is 70.5 Å². The van der Waals surface area contributed by atoms with Crippen molar-refractivity contribution >= 4 is 5.78 Å². The second-order valence-corrected chi connectivity index (χ2v) is 9.05. The molecular formula is C20H27NO3. The summed E-state index contributed by atoms with van der Waals surface area (Å²) in [6, 6.07) is 2.05. The SMILES string of the molecule is C[C@]12CCC(=O)C=C1CC[C@@H]1[C@H]2CC[C@@]2(C)[C@@H]1C[C@@H](O)[C@]2(O)C#N. The molecule has 130 valence electrons. The highest BCUT2D eigenvalue weighted by molar-refractivity contribution is 5.91. The number of fused-ring (bicyclic) bond motifs is 5. The van der Waals surface area contributed by atoms with Crippen molar-refractivity contribution in [1.82, 2.24) is 0 Å². The Morgan fingerprint density at radius 2 is 1.96 bits per heavy atom. The number of aliphatic hydroxyl groups is 2. The fourth-order valence-corrected chi connectivity index (χ4v) is 6.78. The number of carbonyl (C=O) groups excluding carboxylic acids is 1. The molecule has 0 amide bonds. The van der Waals surface area contributed by atoms with E-state index in [-0.39, 0.29) is 17.1 Å². The largest absolute Gasteiger partial charge is 0.389 e. The summed E-state index contributed by atoms with van der Waals surface area (Å²) in [5.41, 5.74) is -0.749. The Hall–Kier alpha value is -1.18. The van der Waals surface area contributed by atoms with Gasteiger partial charge in [-0.1, -0.05) is 19.4 Å². The predicted molar refractivity (Wildman–Crippen MR) is 88.7 cm³/mol. The number of nitrogens with zero attached hydrogens (tertiary/aromatic N) is 1. The van der Waals surface area contributed by atoms with Gasteiger partial charge in [0.05, 0.1) is 6.10 Å². The van der Waals surface area contributed by atoms with E-state index in [0.717, 1.165) is 32.1 Å². The molecule has 0 aromatic carbocycles. The Kier molecular flexibility index (Phi) is 3.34. The second-order valence-electron chi connectivity index (χ2n) is 9.05. The van der Waals surface area contributed by atoms with Crippen molar-refractivity contribution in [3.05, 3.63) is 11.6 Å². The topological polar surface area (TPSA) is 81.3 Å². The molecule has 0 unspecified atom stereocenters. The smallest absolute Gasteiger partial charge is 0.182 e. The number of rotatable bonds is 0. The van der Waals surface area contributed by atoms with E-state index in [0.29, 0.717) is 24.7 Å². The van der Waals surface area contributed by atoms with Crippen molar-refractivity contribution in [2.24, 2.45) is 28.6 Å². The van der Waals surface area contributed by atoms with Gasteiger partial charge in [0.2, 0.25) is 0 Å². The van der Waals surface area contributed by atoms with Crippen LogP contribution in [0.5, 0.6) is 0 Å². The van der Waals surface area contributed by atoms with Gasteiger partial charge in [-0.15, -0.1) is 0 Å². The van der Waals surface area contributed by atoms with Crippen LogP contribution in [0.25, 0.3) is 0 Å². The molecule has 2 N–H and O–H groups in total. The Labute approximate surface area is 143 Å². The first-order valence-electron chi connectivity index (χ1n) is 9.32. The first-order valence-corrected chi connectivity index (χ1v) is 9.32. The fourth-order valence-electron chi connectivity index (χ4n) is 6.78. The van der Waals surface area contributed by atoms with Crippen molar-refractivity contribution in [1.29, 1.82) is 5.26 Å². The zero-order chi connectivity index (χ0) is 17.3. The van der Waals surface area contributed by atoms with Crippen molar-refractivity contribution in [3.63, 3.8) is 0 Å². The molecule has 0 aromatic rings. The van der Waals surface area contributed by atoms with Gasteiger partial charge in [0.1, 0.15) is 6.07 Å². The Morgan fingerprint density at radius 3 is 2.67 bits per heavy atom. The molecule has 3 saturated carbocycles. The van der Waals surface area contributed by atoms with Crippen LogP contribution < -0.4 is 0 Å². The average molecular weight is 329 g/mol. The van der Waals surface area contributed by atoms with E-state index in [2.05, 4.69) is 6.92 Å². The third kappa shape index (κ3) is 1.78. The highest BCUT2D eigenvalue weighted by atomic mass is 16.3. The number of aliphatic hydroxyl groups excluding tert-OH is 1. The zero-order valence-corrected chi connectivity index (χ0v) is 14.6. The third-order valence-corrected chi connectivity index (χ3v) is 8.35. The molecule has 0 aliphatic heterocycles. The summed E-state index contributed by atoms with van der Waals surface area (Å²) in [6.07, 6.45) is 6.72. The molecule has 24 heavy (non-hydrogen) atoms. The lowest BCUT2D eigenvalue weighted by Crippen LogP contribution is -2.56. The second kappa shape index (κ2) is 4.93. The minimum Gasteiger partial charge on any atom is -0.389 e. The maximum absolute atomic E-state index is 11.8. The van der Waals surface area contributed by atoms with Gasteiger partial charge >= 0.3 is 0 Å². The van der Waals surface area contributed by atoms with Gasteiger partial charge in [-0.3, -0.25) is 4.79 Å². The van der Waals surface area contributed by atoms with E-state index >= 15 is 0 Å². The van der Waals surface area contributed by atoms with E-state index in [1.54, 1.807) is 0 Å². The molecule has 0 heterocycles. The highest BCUT2D eigenvalue weighted by Crippen LogP contribution is 2.67. The van der Waals surface area contributed by atoms with E-state index in [1.165, 1.54) is 5.57 Å². The minimum atomic E-state index is -1.62. The summed E-state index contributed by atoms with van der Waals surface area (Å²) in [5.74, 6) is 1.37. The molecule has 4 aliphatic carbocycles. The van der Waals surface area contributed by atoms with Gasteiger partial charge in [-0.25, -0.2) is 0 Å². The number of hydrogen-bond acceptors (Lipinski definition) is 4. The van der Waals surface area contributed by atoms with Gasteiger partial charge in [0, 0.05) is 11.8 Å². The van der Waals surface area contributed by atoms with Crippen LogP contribution in [0.4, 0.5) is 0 Å². The summed E-state index contributed by atoms with van der Waals surface area (Å²) in [7, 11) is 0. The monoisotopic (exact) mass is 329 g/mol. The summed E-state index contributed by atoms with van der Waals surface area (Å²) in [4.78, 5) is 11.8. The van der Waals surface area contributed by atoms with Gasteiger partial charge in [0.15, 0.2) is 11.4 Å². The van der Waals surface area contributed by atoms with E-state index < -0.39 is 17.1 Å². The molecule has 0 radical (unpaired) electrons. The molecule has 0 spiro atoms. The molecular weight excluding hydrogens is 302 g/mol. The van der Waals surface area contributed by atoms with Crippen LogP contribution in [0, 0.1) is 39.9 Å². The van der Waals surface area contributed by atoms with Crippen molar-refractivity contribution in [2.75, 3.05) is 0 Å². The van der Waals surface area contributed by atoms with E-state index in [1.807, 2.05) is 19.1 Å². The molecule has 4 heteroatoms. The lowest BCUT2D eigenvalue weighted by atomic mass is 9.46. The van der Waals surface area contributed by atoms with Crippen LogP contribution >= 0.6 is 0 Å². The molecule has 4 aliphatic rings. The van der Waals surface area contributed by atoms with Crippen LogP contribution in [0.3, 0.4) is 0 Å². The molecule has 3 fully saturated rings. The summed E-state index contributed by atoms with van der Waals surface area (Å²) in [6.45, 7) is 4.32. The van der Waals surface area contributed by atoms with Crippen molar-refractivity contribution < 1.29 is 15.0 Å². The van der Waals surface area contributed by atoms with Crippen LogP contribution in [0.2, 0.25) is 0 Å². The maximum Gasteiger partial charge on any atom is 0.182 e. The number of nitriles is 1. The van der Waals surface area contributed by atoms with Crippen molar-refractivity contribution in [3.8, 4) is 6.07 Å². The molecule has 7 atom stereocenters. The summed E-state index contributed by atoms with van der Waals surface area (Å²) < 4.78 is 0. The normalized spacial score (nSPS) is 53.5. The molecule has 4 nitrogen and oxygen atoms in total. The zero-order valence-electron chi connectivity index (χ0n) is 14.6. The summed E-state index contributed by atoms with van der Waals surface area (Å²) in [5, 5.41) is 30.9. The molecule has 0 aromatic heterocycles. The quantitative estimate of drug-likeness (QED) is 0.670. The van der Waals surface area contributed by atoms with Gasteiger partial charge in [-0.05, 0) is 67.8 Å². The Balaban J connectivity index is 1.72. The number of allylic oxidation sites excluding steroid dienone is 1. The molecule has 0 saturated heterocycles. The Bertz CT molecular complexity index is 664.